The number of benzene rings is 4. The molecule has 0 saturated carbocycles. The highest BCUT2D eigenvalue weighted by molar-refractivity contribution is 6.04. The Kier molecular flexibility index (Phi) is 7.87. The van der Waals surface area contributed by atoms with Crippen molar-refractivity contribution in [3.8, 4) is 34.4 Å². The third-order valence-corrected chi connectivity index (χ3v) is 10.5. The van der Waals surface area contributed by atoms with Gasteiger partial charge in [-0.2, -0.15) is 10.5 Å². The van der Waals surface area contributed by atoms with Gasteiger partial charge in [0.05, 0.1) is 23.0 Å². The van der Waals surface area contributed by atoms with E-state index in [1.165, 1.54) is 11.6 Å². The fourth-order valence-corrected chi connectivity index (χ4v) is 7.90. The molecule has 258 valence electrons. The average Bonchev–Trinajstić information content (AvgIpc) is 3.55. The van der Waals surface area contributed by atoms with Crippen LogP contribution in [0.4, 0.5) is 17.6 Å². The number of nitrogens with zero attached hydrogens (tertiary/aromatic N) is 5. The quantitative estimate of drug-likeness (QED) is 0.101. The van der Waals surface area contributed by atoms with Gasteiger partial charge in [-0.1, -0.05) is 72.8 Å². The molecule has 54 heavy (non-hydrogen) atoms. The van der Waals surface area contributed by atoms with Gasteiger partial charge < -0.3 is 0 Å². The van der Waals surface area contributed by atoms with Crippen LogP contribution in [0.25, 0.3) is 49.6 Å². The summed E-state index contributed by atoms with van der Waals surface area (Å²) in [6.07, 6.45) is 14.7. The number of halogens is 4. The van der Waals surface area contributed by atoms with Crippen molar-refractivity contribution in [3.05, 3.63) is 179 Å². The van der Waals surface area contributed by atoms with Crippen LogP contribution in [-0.2, 0) is 0 Å². The molecule has 3 aromatic heterocycles. The van der Waals surface area contributed by atoms with Crippen LogP contribution in [0.2, 0.25) is 0 Å². The monoisotopic (exact) mass is 711 g/mol. The normalized spacial score (nSPS) is 16.4. The van der Waals surface area contributed by atoms with Gasteiger partial charge in [-0.25, -0.2) is 17.6 Å². The number of hydrogen-bond acceptors (Lipinski definition) is 5. The fraction of sp³-hybridized carbons (Fsp3) is 0.0889. The standard InChI is InChI=1S/C45H25F4N5/c46-40-37(20-51)41(47)43(49)39(42(40)48)36(19-50)38-34-6-2-1-5-32(34)33-14-13-26(18-35(33)38)31-17-28-12-11-27-16-30(22-53-44(27)45(28)54-23-31)25-9-7-24(8-10-25)29-4-3-15-52-21-29/h1-7,9-18,21-24,36,38H,8H2. The summed E-state index contributed by atoms with van der Waals surface area (Å²) in [6.45, 7) is 0. The molecule has 7 aromatic rings. The zero-order valence-electron chi connectivity index (χ0n) is 28.2. The molecule has 3 atom stereocenters. The molecule has 4 aromatic carbocycles. The first-order chi connectivity index (χ1) is 26.4. The number of nitriles is 2. The SMILES string of the molecule is N#Cc1c(F)c(F)c(C(C#N)C2c3ccccc3-c3ccc(-c4cnc5c(ccc6cc(C7=CCC(c8cccnc8)C=C7)cnc65)c4)cc32)c(F)c1F. The highest BCUT2D eigenvalue weighted by atomic mass is 19.2. The minimum Gasteiger partial charge on any atom is -0.264 e. The fourth-order valence-electron chi connectivity index (χ4n) is 7.90. The summed E-state index contributed by atoms with van der Waals surface area (Å²) in [5.41, 5.74) is 6.42. The van der Waals surface area contributed by atoms with Crippen LogP contribution in [0.5, 0.6) is 0 Å². The molecule has 0 amide bonds. The zero-order valence-corrected chi connectivity index (χ0v) is 28.2. The number of hydrogen-bond donors (Lipinski definition) is 0. The lowest BCUT2D eigenvalue weighted by molar-refractivity contribution is 0.427. The molecule has 0 saturated heterocycles. The molecule has 5 nitrogen and oxygen atoms in total. The first-order valence-electron chi connectivity index (χ1n) is 17.2. The van der Waals surface area contributed by atoms with Gasteiger partial charge in [0.2, 0.25) is 0 Å². The summed E-state index contributed by atoms with van der Waals surface area (Å²) in [5.74, 6) is -9.52. The lowest BCUT2D eigenvalue weighted by atomic mass is 9.79. The Balaban J connectivity index is 1.07. The van der Waals surface area contributed by atoms with E-state index in [9.17, 15) is 14.0 Å². The van der Waals surface area contributed by atoms with E-state index in [2.05, 4.69) is 35.3 Å². The predicted octanol–water partition coefficient (Wildman–Crippen LogP) is 10.8. The van der Waals surface area contributed by atoms with Gasteiger partial charge in [0.15, 0.2) is 23.3 Å². The lowest BCUT2D eigenvalue weighted by Gasteiger charge is -2.22. The summed E-state index contributed by atoms with van der Waals surface area (Å²) in [4.78, 5) is 13.9. The maximum atomic E-state index is 15.4. The number of allylic oxidation sites excluding steroid dienone is 4. The molecular formula is C45H25F4N5. The highest BCUT2D eigenvalue weighted by Crippen LogP contribution is 2.52. The second-order valence-corrected chi connectivity index (χ2v) is 13.4. The Morgan fingerprint density at radius 1 is 0.685 bits per heavy atom. The highest BCUT2D eigenvalue weighted by Gasteiger charge is 2.40. The van der Waals surface area contributed by atoms with E-state index in [4.69, 9.17) is 15.2 Å². The van der Waals surface area contributed by atoms with Crippen molar-refractivity contribution in [1.29, 1.82) is 10.5 Å². The molecule has 0 radical (unpaired) electrons. The number of pyridine rings is 3. The van der Waals surface area contributed by atoms with Gasteiger partial charge in [0.1, 0.15) is 11.6 Å². The van der Waals surface area contributed by atoms with Crippen molar-refractivity contribution in [2.45, 2.75) is 24.2 Å². The van der Waals surface area contributed by atoms with Gasteiger partial charge in [0.25, 0.3) is 0 Å². The second kappa shape index (κ2) is 12.9. The second-order valence-electron chi connectivity index (χ2n) is 13.4. The van der Waals surface area contributed by atoms with Crippen molar-refractivity contribution in [3.63, 3.8) is 0 Å². The van der Waals surface area contributed by atoms with Crippen LogP contribution in [0.15, 0.2) is 122 Å². The number of rotatable bonds is 5. The molecule has 0 fully saturated rings. The minimum atomic E-state index is -1.83. The molecule has 2 aliphatic rings. The van der Waals surface area contributed by atoms with Gasteiger partial charge in [-0.05, 0) is 69.6 Å². The van der Waals surface area contributed by atoms with Crippen LogP contribution in [0, 0.1) is 45.9 Å². The Bertz CT molecular complexity index is 2820. The van der Waals surface area contributed by atoms with E-state index in [0.717, 1.165) is 61.6 Å². The smallest absolute Gasteiger partial charge is 0.180 e. The number of aromatic nitrogens is 3. The first-order valence-corrected chi connectivity index (χ1v) is 17.2. The lowest BCUT2D eigenvalue weighted by Crippen LogP contribution is -2.16. The first kappa shape index (κ1) is 32.9. The molecular weight excluding hydrogens is 687 g/mol. The van der Waals surface area contributed by atoms with Crippen molar-refractivity contribution in [1.82, 2.24) is 15.0 Å². The van der Waals surface area contributed by atoms with Crippen LogP contribution < -0.4 is 0 Å². The van der Waals surface area contributed by atoms with Crippen molar-refractivity contribution in [2.75, 3.05) is 0 Å². The van der Waals surface area contributed by atoms with Gasteiger partial charge in [0, 0.05) is 64.1 Å². The summed E-state index contributed by atoms with van der Waals surface area (Å²) < 4.78 is 60.5. The van der Waals surface area contributed by atoms with Crippen LogP contribution in [0.3, 0.4) is 0 Å². The van der Waals surface area contributed by atoms with Crippen LogP contribution >= 0.6 is 0 Å². The van der Waals surface area contributed by atoms with Gasteiger partial charge in [-0.3, -0.25) is 15.0 Å². The molecule has 9 rings (SSSR count). The van der Waals surface area contributed by atoms with Crippen molar-refractivity contribution < 1.29 is 17.6 Å². The summed E-state index contributed by atoms with van der Waals surface area (Å²) in [6, 6.07) is 27.9. The van der Waals surface area contributed by atoms with Crippen LogP contribution in [-0.4, -0.2) is 15.0 Å². The Hall–Kier alpha value is -6.97. The van der Waals surface area contributed by atoms with Crippen LogP contribution in [0.1, 0.15) is 57.6 Å². The van der Waals surface area contributed by atoms with E-state index in [0.29, 0.717) is 11.1 Å². The van der Waals surface area contributed by atoms with E-state index < -0.39 is 46.2 Å². The maximum Gasteiger partial charge on any atom is 0.180 e. The molecule has 0 N–H and O–H groups in total. The third kappa shape index (κ3) is 5.16. The Labute approximate surface area is 306 Å². The molecule has 3 unspecified atom stereocenters. The Morgan fingerprint density at radius 2 is 1.39 bits per heavy atom. The van der Waals surface area contributed by atoms with E-state index in [-0.39, 0.29) is 5.92 Å². The van der Waals surface area contributed by atoms with Crippen molar-refractivity contribution >= 4 is 27.4 Å². The molecule has 0 aliphatic heterocycles. The summed E-state index contributed by atoms with van der Waals surface area (Å²) >= 11 is 0. The van der Waals surface area contributed by atoms with Gasteiger partial charge in [-0.15, -0.1) is 0 Å². The third-order valence-electron chi connectivity index (χ3n) is 10.5. The predicted molar refractivity (Wildman–Crippen MR) is 198 cm³/mol. The molecule has 0 bridgehead atoms. The van der Waals surface area contributed by atoms with E-state index >= 15 is 8.78 Å². The van der Waals surface area contributed by atoms with E-state index in [1.54, 1.807) is 30.6 Å². The summed E-state index contributed by atoms with van der Waals surface area (Å²) in [7, 11) is 0. The van der Waals surface area contributed by atoms with Gasteiger partial charge >= 0.3 is 0 Å². The van der Waals surface area contributed by atoms with Crippen molar-refractivity contribution in [2.24, 2.45) is 0 Å². The summed E-state index contributed by atoms with van der Waals surface area (Å²) in [5, 5.41) is 21.3. The number of fused-ring (bicyclic) bond motifs is 6. The topological polar surface area (TPSA) is 86.2 Å². The molecule has 0 spiro atoms. The molecule has 2 aliphatic carbocycles. The zero-order chi connectivity index (χ0) is 37.1. The maximum absolute atomic E-state index is 15.4. The Morgan fingerprint density at radius 3 is 2.06 bits per heavy atom. The van der Waals surface area contributed by atoms with E-state index in [1.807, 2.05) is 67.0 Å². The molecule has 3 heterocycles. The molecule has 9 heteroatoms. The largest absolute Gasteiger partial charge is 0.264 e. The average molecular weight is 712 g/mol. The minimum absolute atomic E-state index is 0.278.